The van der Waals surface area contributed by atoms with Crippen LogP contribution in [0.4, 0.5) is 5.95 Å². The molecule has 0 spiro atoms. The normalized spacial score (nSPS) is 18.3. The summed E-state index contributed by atoms with van der Waals surface area (Å²) in [5, 5.41) is 12.8. The number of anilines is 1. The highest BCUT2D eigenvalue weighted by Crippen LogP contribution is 2.41. The summed E-state index contributed by atoms with van der Waals surface area (Å²) in [7, 11) is 0. The van der Waals surface area contributed by atoms with Crippen LogP contribution in [0.1, 0.15) is 71.3 Å². The Morgan fingerprint density at radius 2 is 1.92 bits per heavy atom. The molecule has 0 aromatic carbocycles. The fraction of sp³-hybridized carbons (Fsp3) is 0.842. The van der Waals surface area contributed by atoms with Crippen molar-refractivity contribution in [2.75, 3.05) is 30.3 Å². The molecule has 3 rings (SSSR count). The van der Waals surface area contributed by atoms with Crippen LogP contribution in [0.3, 0.4) is 0 Å². The third kappa shape index (κ3) is 5.38. The smallest absolute Gasteiger partial charge is 0.230 e. The summed E-state index contributed by atoms with van der Waals surface area (Å²) in [6.07, 6.45) is 9.57. The van der Waals surface area contributed by atoms with Crippen LogP contribution < -0.4 is 10.2 Å². The van der Waals surface area contributed by atoms with E-state index < -0.39 is 0 Å². The van der Waals surface area contributed by atoms with Crippen molar-refractivity contribution in [3.8, 4) is 0 Å². The first-order valence-corrected chi connectivity index (χ1v) is 11.3. The lowest BCUT2D eigenvalue weighted by Gasteiger charge is -2.31. The maximum absolute atomic E-state index is 12.1. The molecule has 0 bridgehead atoms. The maximum atomic E-state index is 12.1. The lowest BCUT2D eigenvalue weighted by molar-refractivity contribution is -0.118. The molecular formula is C19H33N5OS. The zero-order chi connectivity index (χ0) is 18.4. The molecule has 1 amide bonds. The van der Waals surface area contributed by atoms with E-state index in [0.717, 1.165) is 43.1 Å². The summed E-state index contributed by atoms with van der Waals surface area (Å²) < 4.78 is 2.29. The molecule has 1 aliphatic heterocycles. The molecule has 2 aliphatic rings. The minimum Gasteiger partial charge on any atom is -0.355 e. The van der Waals surface area contributed by atoms with Crippen molar-refractivity contribution in [2.24, 2.45) is 5.92 Å². The van der Waals surface area contributed by atoms with E-state index in [-0.39, 0.29) is 5.91 Å². The van der Waals surface area contributed by atoms with E-state index in [9.17, 15) is 4.79 Å². The topological polar surface area (TPSA) is 63.1 Å². The van der Waals surface area contributed by atoms with E-state index in [1.807, 2.05) is 0 Å². The Hall–Kier alpha value is -1.24. The Kier molecular flexibility index (Phi) is 7.23. The van der Waals surface area contributed by atoms with Crippen LogP contribution >= 0.6 is 11.8 Å². The van der Waals surface area contributed by atoms with Crippen LogP contribution in [0.5, 0.6) is 0 Å². The number of amides is 1. The molecule has 1 aromatic heterocycles. The highest BCUT2D eigenvalue weighted by molar-refractivity contribution is 7.99. The molecular weight excluding hydrogens is 346 g/mol. The van der Waals surface area contributed by atoms with Gasteiger partial charge in [-0.15, -0.1) is 10.2 Å². The Morgan fingerprint density at radius 3 is 2.62 bits per heavy atom. The van der Waals surface area contributed by atoms with Gasteiger partial charge in [0.05, 0.1) is 5.75 Å². The second-order valence-corrected chi connectivity index (χ2v) is 8.70. The minimum absolute atomic E-state index is 0.102. The summed E-state index contributed by atoms with van der Waals surface area (Å²) >= 11 is 1.53. The molecule has 1 saturated heterocycles. The first-order chi connectivity index (χ1) is 12.7. The van der Waals surface area contributed by atoms with E-state index >= 15 is 0 Å². The number of unbranched alkanes of at least 4 members (excludes halogenated alkanes) is 3. The van der Waals surface area contributed by atoms with E-state index in [4.69, 9.17) is 0 Å². The molecule has 2 fully saturated rings. The first kappa shape index (κ1) is 19.5. The average molecular weight is 380 g/mol. The van der Waals surface area contributed by atoms with Crippen molar-refractivity contribution in [2.45, 2.75) is 76.4 Å². The number of carbonyl (C=O) groups excluding carboxylic acids is 1. The van der Waals surface area contributed by atoms with Gasteiger partial charge in [0, 0.05) is 25.7 Å². The zero-order valence-corrected chi connectivity index (χ0v) is 17.1. The van der Waals surface area contributed by atoms with Gasteiger partial charge in [-0.1, -0.05) is 44.9 Å². The molecule has 1 aliphatic carbocycles. The molecule has 6 nitrogen and oxygen atoms in total. The van der Waals surface area contributed by atoms with Crippen LogP contribution in [0.25, 0.3) is 0 Å². The van der Waals surface area contributed by atoms with Gasteiger partial charge in [-0.2, -0.15) is 0 Å². The van der Waals surface area contributed by atoms with Crippen LogP contribution in [-0.2, 0) is 4.79 Å². The Labute approximate surface area is 161 Å². The highest BCUT2D eigenvalue weighted by atomic mass is 32.2. The Balaban J connectivity index is 1.51. The second kappa shape index (κ2) is 9.62. The molecule has 0 radical (unpaired) electrons. The summed E-state index contributed by atoms with van der Waals surface area (Å²) in [5.74, 6) is 2.35. The summed E-state index contributed by atoms with van der Waals surface area (Å²) in [5.41, 5.74) is 0. The molecule has 7 heteroatoms. The van der Waals surface area contributed by atoms with Crippen molar-refractivity contribution in [1.82, 2.24) is 20.1 Å². The summed E-state index contributed by atoms with van der Waals surface area (Å²) in [6, 6.07) is 0.527. The third-order valence-corrected chi connectivity index (χ3v) is 6.25. The number of nitrogens with one attached hydrogen (secondary N) is 1. The van der Waals surface area contributed by atoms with Crippen molar-refractivity contribution in [3.63, 3.8) is 0 Å². The molecule has 0 atom stereocenters. The van der Waals surface area contributed by atoms with Crippen molar-refractivity contribution in [1.29, 1.82) is 0 Å². The first-order valence-electron chi connectivity index (χ1n) is 10.3. The molecule has 1 saturated carbocycles. The van der Waals surface area contributed by atoms with E-state index in [1.165, 1.54) is 56.7 Å². The molecule has 2 heterocycles. The van der Waals surface area contributed by atoms with Gasteiger partial charge in [-0.05, 0) is 38.0 Å². The number of nitrogens with zero attached hydrogens (tertiary/aromatic N) is 4. The van der Waals surface area contributed by atoms with Crippen LogP contribution in [0, 0.1) is 5.92 Å². The van der Waals surface area contributed by atoms with Gasteiger partial charge in [0.15, 0.2) is 5.16 Å². The van der Waals surface area contributed by atoms with Crippen LogP contribution in [0.15, 0.2) is 5.16 Å². The molecule has 1 N–H and O–H groups in total. The summed E-state index contributed by atoms with van der Waals surface area (Å²) in [6.45, 7) is 7.44. The lowest BCUT2D eigenvalue weighted by Crippen LogP contribution is -2.34. The molecule has 26 heavy (non-hydrogen) atoms. The quantitative estimate of drug-likeness (QED) is 0.497. The number of hydrogen-bond acceptors (Lipinski definition) is 5. The van der Waals surface area contributed by atoms with E-state index in [0.29, 0.717) is 11.8 Å². The zero-order valence-electron chi connectivity index (χ0n) is 16.2. The predicted molar refractivity (Wildman–Crippen MR) is 107 cm³/mol. The van der Waals surface area contributed by atoms with Gasteiger partial charge in [-0.25, -0.2) is 0 Å². The third-order valence-electron chi connectivity index (χ3n) is 5.31. The number of piperidine rings is 1. The van der Waals surface area contributed by atoms with Crippen molar-refractivity contribution < 1.29 is 4.79 Å². The Morgan fingerprint density at radius 1 is 1.15 bits per heavy atom. The van der Waals surface area contributed by atoms with E-state index in [1.54, 1.807) is 0 Å². The summed E-state index contributed by atoms with van der Waals surface area (Å²) in [4.78, 5) is 14.5. The second-order valence-electron chi connectivity index (χ2n) is 7.75. The Bertz CT molecular complexity index is 578. The van der Waals surface area contributed by atoms with E-state index in [2.05, 4.69) is 38.8 Å². The number of carbonyl (C=O) groups is 1. The largest absolute Gasteiger partial charge is 0.355 e. The van der Waals surface area contributed by atoms with Gasteiger partial charge >= 0.3 is 0 Å². The highest BCUT2D eigenvalue weighted by Gasteiger charge is 2.32. The maximum Gasteiger partial charge on any atom is 0.230 e. The average Bonchev–Trinajstić information content (AvgIpc) is 3.40. The molecule has 0 unspecified atom stereocenters. The predicted octanol–water partition coefficient (Wildman–Crippen LogP) is 3.64. The van der Waals surface area contributed by atoms with Crippen molar-refractivity contribution in [3.05, 3.63) is 0 Å². The fourth-order valence-corrected chi connectivity index (χ4v) is 4.24. The number of rotatable bonds is 10. The van der Waals surface area contributed by atoms with Gasteiger partial charge in [0.25, 0.3) is 0 Å². The van der Waals surface area contributed by atoms with Gasteiger partial charge in [-0.3, -0.25) is 9.36 Å². The molecule has 1 aromatic rings. The van der Waals surface area contributed by atoms with Crippen LogP contribution in [-0.4, -0.2) is 46.1 Å². The monoisotopic (exact) mass is 379 g/mol. The number of aromatic nitrogens is 3. The minimum atomic E-state index is 0.102. The lowest BCUT2D eigenvalue weighted by atomic mass is 10.00. The van der Waals surface area contributed by atoms with Gasteiger partial charge in [0.2, 0.25) is 11.9 Å². The van der Waals surface area contributed by atoms with Crippen molar-refractivity contribution >= 4 is 23.6 Å². The number of hydrogen-bond donors (Lipinski definition) is 1. The number of thioether (sulfide) groups is 1. The standard InChI is InChI=1S/C19H33N5OS/c1-3-4-5-6-11-20-17(25)14-26-19-22-21-18(24(19)16-7-8-16)23-12-9-15(2)10-13-23/h15-16H,3-14H2,1-2H3,(H,20,25). The van der Waals surface area contributed by atoms with Crippen LogP contribution in [0.2, 0.25) is 0 Å². The van der Waals surface area contributed by atoms with Gasteiger partial charge in [0.1, 0.15) is 0 Å². The molecule has 146 valence electrons. The van der Waals surface area contributed by atoms with Gasteiger partial charge < -0.3 is 10.2 Å². The fourth-order valence-electron chi connectivity index (χ4n) is 3.40. The SMILES string of the molecule is CCCCCCNC(=O)CSc1nnc(N2CCC(C)CC2)n1C1CC1.